The van der Waals surface area contributed by atoms with Gasteiger partial charge in [0.1, 0.15) is 17.5 Å². The number of hydrogen-bond acceptors (Lipinski definition) is 6. The van der Waals surface area contributed by atoms with E-state index in [4.69, 9.17) is 0 Å². The van der Waals surface area contributed by atoms with Crippen LogP contribution in [0.2, 0.25) is 0 Å². The number of sulfone groups is 1. The molecule has 19 heavy (non-hydrogen) atoms. The zero-order valence-corrected chi connectivity index (χ0v) is 12.1. The van der Waals surface area contributed by atoms with Crippen molar-refractivity contribution in [3.05, 3.63) is 11.9 Å². The van der Waals surface area contributed by atoms with Crippen molar-refractivity contribution in [3.63, 3.8) is 0 Å². The number of aromatic nitrogens is 2. The Morgan fingerprint density at radius 3 is 2.74 bits per heavy atom. The van der Waals surface area contributed by atoms with Crippen molar-refractivity contribution in [1.29, 1.82) is 0 Å². The molecule has 2 N–H and O–H groups in total. The maximum atomic E-state index is 11.4. The molecular formula is C12H20N4O2S. The molecule has 1 aliphatic rings. The number of aryl methyl sites for hydroxylation is 1. The fourth-order valence-corrected chi connectivity index (χ4v) is 3.78. The second kappa shape index (κ2) is 5.73. The van der Waals surface area contributed by atoms with Crippen LogP contribution in [-0.4, -0.2) is 42.5 Å². The highest BCUT2D eigenvalue weighted by Gasteiger charge is 2.28. The van der Waals surface area contributed by atoms with Gasteiger partial charge in [-0.3, -0.25) is 0 Å². The molecule has 0 saturated carbocycles. The Bertz CT molecular complexity index is 545. The molecule has 2 heterocycles. The molecule has 106 valence electrons. The number of nitrogens with one attached hydrogen (secondary N) is 2. The Balaban J connectivity index is 2.06. The Hall–Kier alpha value is -1.37. The van der Waals surface area contributed by atoms with E-state index in [1.54, 1.807) is 0 Å². The maximum Gasteiger partial charge on any atom is 0.152 e. The normalized spacial score (nSPS) is 21.3. The fraction of sp³-hybridized carbons (Fsp3) is 0.667. The van der Waals surface area contributed by atoms with Crippen LogP contribution in [0.3, 0.4) is 0 Å². The molecule has 0 bridgehead atoms. The molecule has 1 aromatic rings. The van der Waals surface area contributed by atoms with Gasteiger partial charge in [0.2, 0.25) is 0 Å². The van der Waals surface area contributed by atoms with Crippen molar-refractivity contribution in [2.24, 2.45) is 0 Å². The second-order valence-corrected chi connectivity index (χ2v) is 7.09. The van der Waals surface area contributed by atoms with Gasteiger partial charge in [0.05, 0.1) is 11.5 Å². The first-order chi connectivity index (χ1) is 8.98. The number of anilines is 2. The summed E-state index contributed by atoms with van der Waals surface area (Å²) in [6.45, 7) is 4.77. The third kappa shape index (κ3) is 4.05. The van der Waals surface area contributed by atoms with Crippen LogP contribution < -0.4 is 10.6 Å². The van der Waals surface area contributed by atoms with Gasteiger partial charge in [0.25, 0.3) is 0 Å². The van der Waals surface area contributed by atoms with Gasteiger partial charge in [-0.05, 0) is 19.8 Å². The van der Waals surface area contributed by atoms with Crippen LogP contribution in [-0.2, 0) is 9.84 Å². The molecule has 6 nitrogen and oxygen atoms in total. The Morgan fingerprint density at radius 2 is 2.11 bits per heavy atom. The standard InChI is InChI=1S/C12H20N4O2S/c1-3-5-13-11-7-12(15-9(2)14-11)16-10-4-6-19(17,18)8-10/h7,10H,3-6,8H2,1-2H3,(H2,13,14,15,16). The quantitative estimate of drug-likeness (QED) is 0.845. The molecule has 0 spiro atoms. The van der Waals surface area contributed by atoms with E-state index in [2.05, 4.69) is 27.5 Å². The Morgan fingerprint density at radius 1 is 1.37 bits per heavy atom. The maximum absolute atomic E-state index is 11.4. The molecule has 1 aromatic heterocycles. The van der Waals surface area contributed by atoms with Crippen LogP contribution in [0.1, 0.15) is 25.6 Å². The first-order valence-electron chi connectivity index (χ1n) is 6.55. The molecule has 0 radical (unpaired) electrons. The van der Waals surface area contributed by atoms with Crippen LogP contribution in [0, 0.1) is 6.92 Å². The second-order valence-electron chi connectivity index (χ2n) is 4.86. The predicted molar refractivity (Wildman–Crippen MR) is 76.2 cm³/mol. The van der Waals surface area contributed by atoms with E-state index in [9.17, 15) is 8.42 Å². The monoisotopic (exact) mass is 284 g/mol. The summed E-state index contributed by atoms with van der Waals surface area (Å²) in [7, 11) is -2.87. The lowest BCUT2D eigenvalue weighted by Crippen LogP contribution is -2.21. The Labute approximate surface area is 114 Å². The summed E-state index contributed by atoms with van der Waals surface area (Å²) in [5, 5.41) is 6.39. The Kier molecular flexibility index (Phi) is 4.24. The summed E-state index contributed by atoms with van der Waals surface area (Å²) in [5.41, 5.74) is 0. The zero-order valence-electron chi connectivity index (χ0n) is 11.3. The molecule has 1 unspecified atom stereocenters. The summed E-state index contributed by atoms with van der Waals surface area (Å²) in [4.78, 5) is 8.59. The van der Waals surface area contributed by atoms with E-state index in [0.717, 1.165) is 18.8 Å². The van der Waals surface area contributed by atoms with E-state index in [-0.39, 0.29) is 17.5 Å². The minimum absolute atomic E-state index is 0.0432. The van der Waals surface area contributed by atoms with Crippen LogP contribution in [0.4, 0.5) is 11.6 Å². The number of rotatable bonds is 5. The topological polar surface area (TPSA) is 84.0 Å². The number of nitrogens with zero attached hydrogens (tertiary/aromatic N) is 2. The molecule has 7 heteroatoms. The van der Waals surface area contributed by atoms with E-state index in [0.29, 0.717) is 18.1 Å². The summed E-state index contributed by atoms with van der Waals surface area (Å²) < 4.78 is 22.8. The molecule has 0 aliphatic carbocycles. The zero-order chi connectivity index (χ0) is 13.9. The summed E-state index contributed by atoms with van der Waals surface area (Å²) >= 11 is 0. The highest BCUT2D eigenvalue weighted by Crippen LogP contribution is 2.18. The lowest BCUT2D eigenvalue weighted by molar-refractivity contribution is 0.602. The average Bonchev–Trinajstić information content (AvgIpc) is 2.65. The van der Waals surface area contributed by atoms with Crippen molar-refractivity contribution in [1.82, 2.24) is 9.97 Å². The fourth-order valence-electron chi connectivity index (χ4n) is 2.10. The lowest BCUT2D eigenvalue weighted by atomic mass is 10.2. The van der Waals surface area contributed by atoms with Crippen molar-refractivity contribution in [2.75, 3.05) is 28.7 Å². The lowest BCUT2D eigenvalue weighted by Gasteiger charge is -2.13. The van der Waals surface area contributed by atoms with E-state index >= 15 is 0 Å². The van der Waals surface area contributed by atoms with Gasteiger partial charge in [0.15, 0.2) is 9.84 Å². The third-order valence-corrected chi connectivity index (χ3v) is 4.75. The smallest absolute Gasteiger partial charge is 0.152 e. The molecule has 1 fully saturated rings. The van der Waals surface area contributed by atoms with E-state index in [1.807, 2.05) is 13.0 Å². The highest BCUT2D eigenvalue weighted by atomic mass is 32.2. The van der Waals surface area contributed by atoms with Crippen LogP contribution in [0.5, 0.6) is 0 Å². The minimum Gasteiger partial charge on any atom is -0.370 e. The van der Waals surface area contributed by atoms with E-state index in [1.165, 1.54) is 0 Å². The minimum atomic E-state index is -2.87. The first kappa shape index (κ1) is 14.0. The van der Waals surface area contributed by atoms with Gasteiger partial charge >= 0.3 is 0 Å². The van der Waals surface area contributed by atoms with Gasteiger partial charge < -0.3 is 10.6 Å². The van der Waals surface area contributed by atoms with Crippen molar-refractivity contribution in [2.45, 2.75) is 32.7 Å². The van der Waals surface area contributed by atoms with Crippen molar-refractivity contribution >= 4 is 21.5 Å². The molecule has 1 atom stereocenters. The molecule has 1 saturated heterocycles. The summed E-state index contributed by atoms with van der Waals surface area (Å²) in [6.07, 6.45) is 1.66. The SMILES string of the molecule is CCCNc1cc(NC2CCS(=O)(=O)C2)nc(C)n1. The molecule has 1 aliphatic heterocycles. The summed E-state index contributed by atoms with van der Waals surface area (Å²) in [5.74, 6) is 2.58. The van der Waals surface area contributed by atoms with Gasteiger partial charge in [-0.15, -0.1) is 0 Å². The molecule has 0 amide bonds. The van der Waals surface area contributed by atoms with Crippen LogP contribution in [0.25, 0.3) is 0 Å². The van der Waals surface area contributed by atoms with Gasteiger partial charge in [-0.25, -0.2) is 18.4 Å². The number of hydrogen-bond donors (Lipinski definition) is 2. The summed E-state index contributed by atoms with van der Waals surface area (Å²) in [6, 6.07) is 1.78. The van der Waals surface area contributed by atoms with Crippen LogP contribution in [0.15, 0.2) is 6.07 Å². The molecule has 2 rings (SSSR count). The van der Waals surface area contributed by atoms with E-state index < -0.39 is 9.84 Å². The van der Waals surface area contributed by atoms with Gasteiger partial charge in [0, 0.05) is 18.7 Å². The average molecular weight is 284 g/mol. The third-order valence-electron chi connectivity index (χ3n) is 2.98. The largest absolute Gasteiger partial charge is 0.370 e. The van der Waals surface area contributed by atoms with Crippen molar-refractivity contribution in [3.8, 4) is 0 Å². The first-order valence-corrected chi connectivity index (χ1v) is 8.37. The van der Waals surface area contributed by atoms with Crippen molar-refractivity contribution < 1.29 is 8.42 Å². The van der Waals surface area contributed by atoms with Gasteiger partial charge in [-0.2, -0.15) is 0 Å². The molecule has 0 aromatic carbocycles. The highest BCUT2D eigenvalue weighted by molar-refractivity contribution is 7.91. The molecular weight excluding hydrogens is 264 g/mol. The predicted octanol–water partition coefficient (Wildman–Crippen LogP) is 1.21. The van der Waals surface area contributed by atoms with Gasteiger partial charge in [-0.1, -0.05) is 6.92 Å². The van der Waals surface area contributed by atoms with Crippen LogP contribution >= 0.6 is 0 Å².